The van der Waals surface area contributed by atoms with E-state index in [0.29, 0.717) is 13.2 Å². The lowest BCUT2D eigenvalue weighted by Crippen LogP contribution is -2.25. The van der Waals surface area contributed by atoms with Crippen molar-refractivity contribution < 1.29 is 21.8 Å². The second-order valence-electron chi connectivity index (χ2n) is 5.59. The van der Waals surface area contributed by atoms with E-state index in [1.54, 1.807) is 4.90 Å². The van der Waals surface area contributed by atoms with E-state index in [-0.39, 0.29) is 18.9 Å². The van der Waals surface area contributed by atoms with Crippen LogP contribution in [-0.2, 0) is 28.0 Å². The molecular formula is C14H16FNO4S. The third kappa shape index (κ3) is 3.34. The first-order valence-electron chi connectivity index (χ1n) is 6.85. The van der Waals surface area contributed by atoms with Gasteiger partial charge < -0.3 is 9.64 Å². The Kier molecular flexibility index (Phi) is 3.61. The molecule has 2 heterocycles. The summed E-state index contributed by atoms with van der Waals surface area (Å²) < 4.78 is 39.5. The van der Waals surface area contributed by atoms with Crippen molar-refractivity contribution in [1.82, 2.24) is 4.90 Å². The standard InChI is InChI=1S/C14H16FNO4S/c15-21(18,19)9-11-6-14(17)16(8-11)7-10-1-2-13-12(5-10)3-4-20-13/h1-2,5,11H,3-4,6-9H2. The number of benzene rings is 1. The highest BCUT2D eigenvalue weighted by Gasteiger charge is 2.32. The summed E-state index contributed by atoms with van der Waals surface area (Å²) in [7, 11) is -4.53. The molecule has 1 fully saturated rings. The quantitative estimate of drug-likeness (QED) is 0.785. The lowest BCUT2D eigenvalue weighted by molar-refractivity contribution is -0.128. The van der Waals surface area contributed by atoms with E-state index >= 15 is 0 Å². The van der Waals surface area contributed by atoms with Gasteiger partial charge in [0.25, 0.3) is 0 Å². The average Bonchev–Trinajstić information content (AvgIpc) is 2.94. The van der Waals surface area contributed by atoms with Crippen molar-refractivity contribution in [2.24, 2.45) is 5.92 Å². The molecule has 0 radical (unpaired) electrons. The number of carbonyl (C=O) groups excluding carboxylic acids is 1. The van der Waals surface area contributed by atoms with Crippen LogP contribution in [0.1, 0.15) is 17.5 Å². The molecule has 1 amide bonds. The van der Waals surface area contributed by atoms with E-state index in [2.05, 4.69) is 0 Å². The average molecular weight is 313 g/mol. The van der Waals surface area contributed by atoms with E-state index in [4.69, 9.17) is 4.74 Å². The number of hydrogen-bond donors (Lipinski definition) is 0. The second kappa shape index (κ2) is 5.29. The fourth-order valence-electron chi connectivity index (χ4n) is 2.96. The Morgan fingerprint density at radius 1 is 1.38 bits per heavy atom. The van der Waals surface area contributed by atoms with Gasteiger partial charge in [0.15, 0.2) is 0 Å². The summed E-state index contributed by atoms with van der Waals surface area (Å²) in [5.41, 5.74) is 2.11. The van der Waals surface area contributed by atoms with Gasteiger partial charge in [0.1, 0.15) is 5.75 Å². The van der Waals surface area contributed by atoms with Crippen molar-refractivity contribution in [1.29, 1.82) is 0 Å². The van der Waals surface area contributed by atoms with Crippen molar-refractivity contribution in [2.75, 3.05) is 18.9 Å². The predicted octanol–water partition coefficient (Wildman–Crippen LogP) is 1.27. The first kappa shape index (κ1) is 14.3. The van der Waals surface area contributed by atoms with E-state index in [1.807, 2.05) is 18.2 Å². The molecule has 0 aliphatic carbocycles. The molecule has 1 aromatic rings. The Bertz CT molecular complexity index is 674. The summed E-state index contributed by atoms with van der Waals surface area (Å²) in [4.78, 5) is 13.5. The minimum atomic E-state index is -4.53. The van der Waals surface area contributed by atoms with Gasteiger partial charge in [0.05, 0.1) is 12.4 Å². The molecule has 1 aromatic carbocycles. The van der Waals surface area contributed by atoms with Crippen LogP contribution in [-0.4, -0.2) is 38.1 Å². The Morgan fingerprint density at radius 3 is 2.95 bits per heavy atom. The zero-order chi connectivity index (χ0) is 15.0. The monoisotopic (exact) mass is 313 g/mol. The lowest BCUT2D eigenvalue weighted by atomic mass is 10.1. The van der Waals surface area contributed by atoms with Crippen molar-refractivity contribution in [3.05, 3.63) is 29.3 Å². The van der Waals surface area contributed by atoms with Gasteiger partial charge in [-0.1, -0.05) is 12.1 Å². The first-order valence-corrected chi connectivity index (χ1v) is 8.41. The number of likely N-dealkylation sites (tertiary alicyclic amines) is 1. The van der Waals surface area contributed by atoms with E-state index < -0.39 is 21.9 Å². The molecule has 114 valence electrons. The molecule has 0 spiro atoms. The third-order valence-electron chi connectivity index (χ3n) is 3.86. The largest absolute Gasteiger partial charge is 0.493 e. The molecular weight excluding hydrogens is 297 g/mol. The number of carbonyl (C=O) groups is 1. The molecule has 0 N–H and O–H groups in total. The van der Waals surface area contributed by atoms with Crippen molar-refractivity contribution in [2.45, 2.75) is 19.4 Å². The van der Waals surface area contributed by atoms with Gasteiger partial charge in [0, 0.05) is 31.8 Å². The second-order valence-corrected chi connectivity index (χ2v) is 7.00. The van der Waals surface area contributed by atoms with Crippen LogP contribution in [0.4, 0.5) is 3.89 Å². The Balaban J connectivity index is 1.67. The normalized spacial score (nSPS) is 21.5. The number of hydrogen-bond acceptors (Lipinski definition) is 4. The molecule has 1 atom stereocenters. The molecule has 0 aromatic heterocycles. The molecule has 1 unspecified atom stereocenters. The minimum Gasteiger partial charge on any atom is -0.493 e. The van der Waals surface area contributed by atoms with E-state index in [1.165, 1.54) is 0 Å². The molecule has 0 bridgehead atoms. The molecule has 2 aliphatic heterocycles. The maximum absolute atomic E-state index is 12.7. The fourth-order valence-corrected chi connectivity index (χ4v) is 3.74. The van der Waals surface area contributed by atoms with Crippen LogP contribution in [0.5, 0.6) is 5.75 Å². The van der Waals surface area contributed by atoms with Crippen LogP contribution in [0, 0.1) is 5.92 Å². The number of amides is 1. The van der Waals surface area contributed by atoms with Gasteiger partial charge in [-0.15, -0.1) is 3.89 Å². The van der Waals surface area contributed by atoms with Crippen LogP contribution in [0.25, 0.3) is 0 Å². The van der Waals surface area contributed by atoms with Gasteiger partial charge in [0.2, 0.25) is 5.91 Å². The summed E-state index contributed by atoms with van der Waals surface area (Å²) in [6.07, 6.45) is 0.955. The van der Waals surface area contributed by atoms with E-state index in [9.17, 15) is 17.1 Å². The Hall–Kier alpha value is -1.63. The first-order chi connectivity index (χ1) is 9.90. The van der Waals surface area contributed by atoms with Gasteiger partial charge in [-0.05, 0) is 17.2 Å². The van der Waals surface area contributed by atoms with Crippen molar-refractivity contribution in [3.63, 3.8) is 0 Å². The molecule has 0 saturated carbocycles. The van der Waals surface area contributed by atoms with Crippen LogP contribution >= 0.6 is 0 Å². The smallest absolute Gasteiger partial charge is 0.302 e. The van der Waals surface area contributed by atoms with Gasteiger partial charge >= 0.3 is 10.2 Å². The maximum Gasteiger partial charge on any atom is 0.302 e. The molecule has 3 rings (SSSR count). The molecule has 1 saturated heterocycles. The minimum absolute atomic E-state index is 0.0944. The fraction of sp³-hybridized carbons (Fsp3) is 0.500. The highest BCUT2D eigenvalue weighted by Crippen LogP contribution is 2.28. The summed E-state index contributed by atoms with van der Waals surface area (Å²) in [6.45, 7) is 1.39. The molecule has 5 nitrogen and oxygen atoms in total. The maximum atomic E-state index is 12.7. The van der Waals surface area contributed by atoms with Gasteiger partial charge in [-0.2, -0.15) is 8.42 Å². The van der Waals surface area contributed by atoms with Gasteiger partial charge in [-0.3, -0.25) is 4.79 Å². The zero-order valence-electron chi connectivity index (χ0n) is 11.4. The number of halogens is 1. The van der Waals surface area contributed by atoms with Crippen LogP contribution in [0.2, 0.25) is 0 Å². The number of nitrogens with zero attached hydrogens (tertiary/aromatic N) is 1. The summed E-state index contributed by atoms with van der Waals surface area (Å²) in [5, 5.41) is 0. The highest BCUT2D eigenvalue weighted by molar-refractivity contribution is 7.86. The number of ether oxygens (including phenoxy) is 1. The van der Waals surface area contributed by atoms with Gasteiger partial charge in [-0.25, -0.2) is 0 Å². The van der Waals surface area contributed by atoms with E-state index in [0.717, 1.165) is 23.3 Å². The summed E-state index contributed by atoms with van der Waals surface area (Å²) in [6, 6.07) is 5.80. The van der Waals surface area contributed by atoms with Crippen molar-refractivity contribution >= 4 is 16.1 Å². The zero-order valence-corrected chi connectivity index (χ0v) is 12.2. The summed E-state index contributed by atoms with van der Waals surface area (Å²) >= 11 is 0. The molecule has 2 aliphatic rings. The summed E-state index contributed by atoms with van der Waals surface area (Å²) in [5.74, 6) is -0.272. The Labute approximate surface area is 122 Å². The van der Waals surface area contributed by atoms with Crippen molar-refractivity contribution in [3.8, 4) is 5.75 Å². The number of rotatable bonds is 4. The molecule has 21 heavy (non-hydrogen) atoms. The molecule has 7 heteroatoms. The number of fused-ring (bicyclic) bond motifs is 1. The highest BCUT2D eigenvalue weighted by atomic mass is 32.3. The van der Waals surface area contributed by atoms with Crippen LogP contribution in [0.3, 0.4) is 0 Å². The third-order valence-corrected chi connectivity index (χ3v) is 4.73. The lowest BCUT2D eigenvalue weighted by Gasteiger charge is -2.17. The SMILES string of the molecule is O=C1CC(CS(=O)(=O)F)CN1Cc1ccc2c(c1)CCO2. The van der Waals surface area contributed by atoms with Crippen LogP contribution < -0.4 is 4.74 Å². The Morgan fingerprint density at radius 2 is 2.19 bits per heavy atom. The van der Waals surface area contributed by atoms with Crippen LogP contribution in [0.15, 0.2) is 18.2 Å². The topological polar surface area (TPSA) is 63.7 Å². The predicted molar refractivity (Wildman–Crippen MR) is 74.1 cm³/mol.